The molecule has 0 saturated carbocycles. The molecule has 0 bridgehead atoms. The molecule has 0 aromatic heterocycles. The number of amides is 1. The Hall–Kier alpha value is -2.88. The summed E-state index contributed by atoms with van der Waals surface area (Å²) in [5.41, 5.74) is 1.77. The Morgan fingerprint density at radius 3 is 2.52 bits per heavy atom. The van der Waals surface area contributed by atoms with Gasteiger partial charge in [0.1, 0.15) is 0 Å². The minimum absolute atomic E-state index is 0.0991. The van der Waals surface area contributed by atoms with Gasteiger partial charge in [-0.25, -0.2) is 8.42 Å². The lowest BCUT2D eigenvalue weighted by atomic mass is 10.2. The molecule has 0 aliphatic carbocycles. The van der Waals surface area contributed by atoms with Crippen molar-refractivity contribution in [3.8, 4) is 11.5 Å². The standard InChI is InChI=1S/C22H25N3O5S/c26-22(23-15-19-6-7-20-21(14-19)30-17-29-20)16-24-9-11-25(12-10-24)31(27,28)13-8-18-4-2-1-3-5-18/h1-8,13-14H,9-12,15-17H2,(H,23,26). The van der Waals surface area contributed by atoms with E-state index in [9.17, 15) is 13.2 Å². The highest BCUT2D eigenvalue weighted by Crippen LogP contribution is 2.32. The summed E-state index contributed by atoms with van der Waals surface area (Å²) in [5.74, 6) is 1.30. The first-order valence-corrected chi connectivity index (χ1v) is 11.6. The van der Waals surface area contributed by atoms with Crippen molar-refractivity contribution in [2.45, 2.75) is 6.54 Å². The van der Waals surface area contributed by atoms with Crippen LogP contribution in [0.15, 0.2) is 53.9 Å². The highest BCUT2D eigenvalue weighted by molar-refractivity contribution is 7.92. The van der Waals surface area contributed by atoms with E-state index in [2.05, 4.69) is 5.32 Å². The zero-order chi connectivity index (χ0) is 21.7. The normalized spacial score (nSPS) is 17.2. The maximum absolute atomic E-state index is 12.6. The molecule has 8 nitrogen and oxygen atoms in total. The van der Waals surface area contributed by atoms with Crippen molar-refractivity contribution in [1.29, 1.82) is 0 Å². The van der Waals surface area contributed by atoms with Crippen molar-refractivity contribution in [3.63, 3.8) is 0 Å². The Labute approximate surface area is 182 Å². The van der Waals surface area contributed by atoms with Crippen LogP contribution in [-0.2, 0) is 21.4 Å². The van der Waals surface area contributed by atoms with Crippen LogP contribution >= 0.6 is 0 Å². The van der Waals surface area contributed by atoms with Gasteiger partial charge in [-0.15, -0.1) is 0 Å². The Morgan fingerprint density at radius 1 is 1.00 bits per heavy atom. The Bertz CT molecular complexity index is 1050. The van der Waals surface area contributed by atoms with Crippen LogP contribution < -0.4 is 14.8 Å². The van der Waals surface area contributed by atoms with Crippen LogP contribution in [-0.4, -0.2) is 63.0 Å². The minimum atomic E-state index is -3.48. The third-order valence-electron chi connectivity index (χ3n) is 5.22. The van der Waals surface area contributed by atoms with Gasteiger partial charge in [-0.05, 0) is 29.3 Å². The van der Waals surface area contributed by atoms with Gasteiger partial charge < -0.3 is 14.8 Å². The number of sulfonamides is 1. The number of nitrogens with one attached hydrogen (secondary N) is 1. The number of nitrogens with zero attached hydrogens (tertiary/aromatic N) is 2. The molecule has 0 spiro atoms. The van der Waals surface area contributed by atoms with Gasteiger partial charge in [0.2, 0.25) is 22.7 Å². The van der Waals surface area contributed by atoms with E-state index in [1.807, 2.05) is 53.4 Å². The molecular formula is C22H25N3O5S. The smallest absolute Gasteiger partial charge is 0.236 e. The highest BCUT2D eigenvalue weighted by atomic mass is 32.2. The molecule has 1 amide bonds. The second-order valence-corrected chi connectivity index (χ2v) is 9.22. The Kier molecular flexibility index (Phi) is 6.55. The predicted octanol–water partition coefficient (Wildman–Crippen LogP) is 1.65. The first kappa shape index (κ1) is 21.4. The molecule has 1 saturated heterocycles. The van der Waals surface area contributed by atoms with E-state index in [1.165, 1.54) is 9.71 Å². The summed E-state index contributed by atoms with van der Waals surface area (Å²) in [6.45, 7) is 2.58. The zero-order valence-electron chi connectivity index (χ0n) is 17.1. The van der Waals surface area contributed by atoms with Gasteiger partial charge in [0.05, 0.1) is 6.54 Å². The molecule has 0 radical (unpaired) electrons. The fourth-order valence-electron chi connectivity index (χ4n) is 3.47. The number of ether oxygens (including phenoxy) is 2. The van der Waals surface area contributed by atoms with E-state index in [-0.39, 0.29) is 19.2 Å². The number of fused-ring (bicyclic) bond motifs is 1. The van der Waals surface area contributed by atoms with Crippen LogP contribution in [0.3, 0.4) is 0 Å². The summed E-state index contributed by atoms with van der Waals surface area (Å²) in [6, 6.07) is 14.9. The van der Waals surface area contributed by atoms with Gasteiger partial charge in [0, 0.05) is 38.1 Å². The van der Waals surface area contributed by atoms with E-state index < -0.39 is 10.0 Å². The molecule has 2 aromatic carbocycles. The molecule has 0 atom stereocenters. The van der Waals surface area contributed by atoms with Crippen molar-refractivity contribution in [2.24, 2.45) is 0 Å². The maximum Gasteiger partial charge on any atom is 0.236 e. The van der Waals surface area contributed by atoms with Crippen molar-refractivity contribution in [1.82, 2.24) is 14.5 Å². The first-order chi connectivity index (χ1) is 15.0. The lowest BCUT2D eigenvalue weighted by molar-refractivity contribution is -0.122. The summed E-state index contributed by atoms with van der Waals surface area (Å²) in [7, 11) is -3.48. The predicted molar refractivity (Wildman–Crippen MR) is 117 cm³/mol. The van der Waals surface area contributed by atoms with Gasteiger partial charge in [0.15, 0.2) is 11.5 Å². The van der Waals surface area contributed by atoms with Gasteiger partial charge in [-0.3, -0.25) is 9.69 Å². The molecule has 1 fully saturated rings. The number of piperazine rings is 1. The van der Waals surface area contributed by atoms with E-state index in [0.29, 0.717) is 44.2 Å². The molecule has 2 heterocycles. The van der Waals surface area contributed by atoms with Crippen LogP contribution in [0.5, 0.6) is 11.5 Å². The average molecular weight is 444 g/mol. The number of carbonyl (C=O) groups excluding carboxylic acids is 1. The molecule has 2 aliphatic heterocycles. The summed E-state index contributed by atoms with van der Waals surface area (Å²) < 4.78 is 37.2. The summed E-state index contributed by atoms with van der Waals surface area (Å²) in [6.07, 6.45) is 1.60. The number of rotatable bonds is 7. The van der Waals surface area contributed by atoms with E-state index in [0.717, 1.165) is 11.1 Å². The molecule has 0 unspecified atom stereocenters. The Morgan fingerprint density at radius 2 is 1.74 bits per heavy atom. The number of carbonyl (C=O) groups is 1. The molecule has 2 aromatic rings. The summed E-state index contributed by atoms with van der Waals surface area (Å²) in [5, 5.41) is 4.14. The molecule has 1 N–H and O–H groups in total. The minimum Gasteiger partial charge on any atom is -0.454 e. The fraction of sp³-hybridized carbons (Fsp3) is 0.318. The largest absolute Gasteiger partial charge is 0.454 e. The second-order valence-electron chi connectivity index (χ2n) is 7.40. The van der Waals surface area contributed by atoms with E-state index in [4.69, 9.17) is 9.47 Å². The van der Waals surface area contributed by atoms with Crippen molar-refractivity contribution in [3.05, 3.63) is 65.1 Å². The highest BCUT2D eigenvalue weighted by Gasteiger charge is 2.26. The molecule has 9 heteroatoms. The maximum atomic E-state index is 12.6. The second kappa shape index (κ2) is 9.51. The third-order valence-corrected chi connectivity index (χ3v) is 6.78. The molecular weight excluding hydrogens is 418 g/mol. The summed E-state index contributed by atoms with van der Waals surface area (Å²) in [4.78, 5) is 14.3. The van der Waals surface area contributed by atoms with E-state index in [1.54, 1.807) is 6.08 Å². The fourth-order valence-corrected chi connectivity index (χ4v) is 4.64. The van der Waals surface area contributed by atoms with E-state index >= 15 is 0 Å². The lowest BCUT2D eigenvalue weighted by Crippen LogP contribution is -2.50. The van der Waals surface area contributed by atoms with Gasteiger partial charge in [0.25, 0.3) is 0 Å². The SMILES string of the molecule is O=C(CN1CCN(S(=O)(=O)C=Cc2ccccc2)CC1)NCc1ccc2c(c1)OCO2. The van der Waals surface area contributed by atoms with Crippen LogP contribution in [0, 0.1) is 0 Å². The van der Waals surface area contributed by atoms with Crippen molar-refractivity contribution in [2.75, 3.05) is 39.5 Å². The number of hydrogen-bond acceptors (Lipinski definition) is 6. The third kappa shape index (κ3) is 5.63. The summed E-state index contributed by atoms with van der Waals surface area (Å²) >= 11 is 0. The average Bonchev–Trinajstić information content (AvgIpc) is 3.25. The molecule has 164 valence electrons. The Balaban J connectivity index is 1.22. The van der Waals surface area contributed by atoms with Crippen LogP contribution in [0.4, 0.5) is 0 Å². The van der Waals surface area contributed by atoms with Crippen molar-refractivity contribution < 1.29 is 22.7 Å². The van der Waals surface area contributed by atoms with Crippen LogP contribution in [0.25, 0.3) is 6.08 Å². The van der Waals surface area contributed by atoms with Crippen LogP contribution in [0.1, 0.15) is 11.1 Å². The first-order valence-electron chi connectivity index (χ1n) is 10.1. The number of benzene rings is 2. The molecule has 2 aliphatic rings. The van der Waals surface area contributed by atoms with Gasteiger partial charge >= 0.3 is 0 Å². The molecule has 31 heavy (non-hydrogen) atoms. The topological polar surface area (TPSA) is 88.2 Å². The zero-order valence-corrected chi connectivity index (χ0v) is 17.9. The quantitative estimate of drug-likeness (QED) is 0.700. The monoisotopic (exact) mass is 443 g/mol. The number of hydrogen-bond donors (Lipinski definition) is 1. The molecule has 4 rings (SSSR count). The van der Waals surface area contributed by atoms with Crippen LogP contribution in [0.2, 0.25) is 0 Å². The van der Waals surface area contributed by atoms with Gasteiger partial charge in [-0.2, -0.15) is 4.31 Å². The lowest BCUT2D eigenvalue weighted by Gasteiger charge is -2.32. The van der Waals surface area contributed by atoms with Gasteiger partial charge in [-0.1, -0.05) is 36.4 Å². The van der Waals surface area contributed by atoms with Crippen molar-refractivity contribution >= 4 is 22.0 Å².